The van der Waals surface area contributed by atoms with Crippen molar-refractivity contribution in [3.8, 4) is 0 Å². The van der Waals surface area contributed by atoms with Crippen molar-refractivity contribution in [2.24, 2.45) is 0 Å². The molecule has 1 N–H and O–H groups in total. The molecule has 0 saturated carbocycles. The highest BCUT2D eigenvalue weighted by Gasteiger charge is 2.16. The third-order valence-electron chi connectivity index (χ3n) is 3.33. The van der Waals surface area contributed by atoms with Gasteiger partial charge in [-0.25, -0.2) is 12.8 Å². The van der Waals surface area contributed by atoms with E-state index in [1.807, 2.05) is 0 Å². The van der Waals surface area contributed by atoms with E-state index in [1.165, 1.54) is 18.2 Å². The van der Waals surface area contributed by atoms with E-state index in [2.05, 4.69) is 10.3 Å². The van der Waals surface area contributed by atoms with Gasteiger partial charge < -0.3 is 5.32 Å². The first-order chi connectivity index (χ1) is 11.3. The maximum absolute atomic E-state index is 13.9. The summed E-state index contributed by atoms with van der Waals surface area (Å²) < 4.78 is 36.7. The van der Waals surface area contributed by atoms with Crippen LogP contribution in [0.15, 0.2) is 53.7 Å². The summed E-state index contributed by atoms with van der Waals surface area (Å²) in [5.41, 5.74) is 1.26. The quantitative estimate of drug-likeness (QED) is 0.843. The SMILES string of the molecule is C[C@@H](NC(=O)/C=C/c1cccnc1)c1ccc(S(C)(=O)=O)c(F)c1. The first-order valence-corrected chi connectivity index (χ1v) is 9.04. The number of rotatable bonds is 5. The van der Waals surface area contributed by atoms with Crippen LogP contribution in [0.1, 0.15) is 24.1 Å². The van der Waals surface area contributed by atoms with Gasteiger partial charge in [0.25, 0.3) is 0 Å². The Hall–Kier alpha value is -2.54. The molecule has 1 aromatic heterocycles. The van der Waals surface area contributed by atoms with Crippen LogP contribution in [-0.2, 0) is 14.6 Å². The van der Waals surface area contributed by atoms with E-state index in [0.717, 1.165) is 17.9 Å². The highest BCUT2D eigenvalue weighted by Crippen LogP contribution is 2.20. The van der Waals surface area contributed by atoms with Gasteiger partial charge in [-0.1, -0.05) is 12.1 Å². The van der Waals surface area contributed by atoms with Gasteiger partial charge in [-0.05, 0) is 42.3 Å². The number of sulfone groups is 1. The summed E-state index contributed by atoms with van der Waals surface area (Å²) in [6, 6.07) is 6.89. The van der Waals surface area contributed by atoms with Gasteiger partial charge in [-0.15, -0.1) is 0 Å². The Morgan fingerprint density at radius 1 is 1.33 bits per heavy atom. The number of nitrogens with one attached hydrogen (secondary N) is 1. The molecule has 0 fully saturated rings. The fourth-order valence-corrected chi connectivity index (χ4v) is 2.81. The third-order valence-corrected chi connectivity index (χ3v) is 4.46. The Morgan fingerprint density at radius 2 is 2.08 bits per heavy atom. The Bertz CT molecular complexity index is 865. The predicted molar refractivity (Wildman–Crippen MR) is 89.3 cm³/mol. The van der Waals surface area contributed by atoms with E-state index in [9.17, 15) is 17.6 Å². The maximum atomic E-state index is 13.9. The number of hydrogen-bond donors (Lipinski definition) is 1. The van der Waals surface area contributed by atoms with Crippen LogP contribution in [0.2, 0.25) is 0 Å². The van der Waals surface area contributed by atoms with E-state index < -0.39 is 21.7 Å². The molecule has 24 heavy (non-hydrogen) atoms. The summed E-state index contributed by atoms with van der Waals surface area (Å²) in [5, 5.41) is 2.69. The van der Waals surface area contributed by atoms with Gasteiger partial charge in [0.05, 0.1) is 6.04 Å². The van der Waals surface area contributed by atoms with Crippen molar-refractivity contribution in [1.29, 1.82) is 0 Å². The first kappa shape index (κ1) is 17.8. The Labute approximate surface area is 140 Å². The van der Waals surface area contributed by atoms with Gasteiger partial charge in [-0.2, -0.15) is 0 Å². The topological polar surface area (TPSA) is 76.1 Å². The molecule has 0 aliphatic rings. The lowest BCUT2D eigenvalue weighted by Gasteiger charge is -2.14. The third kappa shape index (κ3) is 4.73. The molecule has 126 valence electrons. The van der Waals surface area contributed by atoms with Gasteiger partial charge in [0.2, 0.25) is 5.91 Å². The van der Waals surface area contributed by atoms with E-state index in [4.69, 9.17) is 0 Å². The van der Waals surface area contributed by atoms with Crippen molar-refractivity contribution in [2.45, 2.75) is 17.9 Å². The molecule has 2 aromatic rings. The van der Waals surface area contributed by atoms with Crippen LogP contribution in [0, 0.1) is 5.82 Å². The molecule has 0 bridgehead atoms. The molecule has 1 heterocycles. The number of halogens is 1. The zero-order chi connectivity index (χ0) is 17.7. The van der Waals surface area contributed by atoms with Crippen LogP contribution < -0.4 is 5.32 Å². The number of benzene rings is 1. The minimum absolute atomic E-state index is 0.348. The number of pyridine rings is 1. The van der Waals surface area contributed by atoms with Crippen molar-refractivity contribution in [1.82, 2.24) is 10.3 Å². The lowest BCUT2D eigenvalue weighted by Crippen LogP contribution is -2.24. The lowest BCUT2D eigenvalue weighted by molar-refractivity contribution is -0.117. The molecule has 0 aliphatic carbocycles. The minimum atomic E-state index is -3.62. The van der Waals surface area contributed by atoms with Crippen molar-refractivity contribution in [3.05, 3.63) is 65.7 Å². The number of aromatic nitrogens is 1. The van der Waals surface area contributed by atoms with Gasteiger partial charge in [0.15, 0.2) is 9.84 Å². The van der Waals surface area contributed by atoms with Crippen LogP contribution in [0.3, 0.4) is 0 Å². The molecule has 0 unspecified atom stereocenters. The first-order valence-electron chi connectivity index (χ1n) is 7.15. The molecule has 2 rings (SSSR count). The number of amides is 1. The number of nitrogens with zero attached hydrogens (tertiary/aromatic N) is 1. The molecule has 1 aromatic carbocycles. The highest BCUT2D eigenvalue weighted by atomic mass is 32.2. The van der Waals surface area contributed by atoms with Crippen LogP contribution in [0.25, 0.3) is 6.08 Å². The molecule has 7 heteroatoms. The molecule has 0 saturated heterocycles. The number of carbonyl (C=O) groups excluding carboxylic acids is 1. The molecule has 0 aliphatic heterocycles. The Morgan fingerprint density at radius 3 is 2.67 bits per heavy atom. The minimum Gasteiger partial charge on any atom is -0.346 e. The summed E-state index contributed by atoms with van der Waals surface area (Å²) in [6.45, 7) is 1.69. The van der Waals surface area contributed by atoms with E-state index in [-0.39, 0.29) is 10.8 Å². The number of hydrogen-bond acceptors (Lipinski definition) is 4. The van der Waals surface area contributed by atoms with Crippen molar-refractivity contribution >= 4 is 21.8 Å². The average molecular weight is 348 g/mol. The number of carbonyl (C=O) groups is 1. The van der Waals surface area contributed by atoms with E-state index in [1.54, 1.807) is 37.5 Å². The molecule has 0 spiro atoms. The smallest absolute Gasteiger partial charge is 0.244 e. The van der Waals surface area contributed by atoms with Crippen LogP contribution >= 0.6 is 0 Å². The molecule has 0 radical (unpaired) electrons. The van der Waals surface area contributed by atoms with E-state index in [0.29, 0.717) is 5.56 Å². The van der Waals surface area contributed by atoms with Crippen molar-refractivity contribution in [3.63, 3.8) is 0 Å². The summed E-state index contributed by atoms with van der Waals surface area (Å²) in [5.74, 6) is -1.18. The zero-order valence-corrected chi connectivity index (χ0v) is 14.0. The van der Waals surface area contributed by atoms with E-state index >= 15 is 0 Å². The largest absolute Gasteiger partial charge is 0.346 e. The van der Waals surface area contributed by atoms with Crippen LogP contribution in [0.4, 0.5) is 4.39 Å². The summed E-state index contributed by atoms with van der Waals surface area (Å²) >= 11 is 0. The summed E-state index contributed by atoms with van der Waals surface area (Å²) in [4.78, 5) is 15.5. The lowest BCUT2D eigenvalue weighted by atomic mass is 10.1. The molecule has 1 amide bonds. The fourth-order valence-electron chi connectivity index (χ4n) is 2.08. The monoisotopic (exact) mass is 348 g/mol. The Kier molecular flexibility index (Phi) is 5.46. The van der Waals surface area contributed by atoms with Gasteiger partial charge in [0, 0.05) is 24.7 Å². The van der Waals surface area contributed by atoms with Crippen molar-refractivity contribution in [2.75, 3.05) is 6.26 Å². The van der Waals surface area contributed by atoms with Crippen molar-refractivity contribution < 1.29 is 17.6 Å². The summed E-state index contributed by atoms with van der Waals surface area (Å²) in [6.07, 6.45) is 7.16. The van der Waals surface area contributed by atoms with Crippen LogP contribution in [-0.4, -0.2) is 25.6 Å². The molecular formula is C17H17FN2O3S. The van der Waals surface area contributed by atoms with Gasteiger partial charge >= 0.3 is 0 Å². The molecule has 5 nitrogen and oxygen atoms in total. The van der Waals surface area contributed by atoms with Gasteiger partial charge in [0.1, 0.15) is 10.7 Å². The average Bonchev–Trinajstić information content (AvgIpc) is 2.52. The second-order valence-corrected chi connectivity index (χ2v) is 7.30. The second-order valence-electron chi connectivity index (χ2n) is 5.31. The molecule has 1 atom stereocenters. The zero-order valence-electron chi connectivity index (χ0n) is 13.2. The molecular weight excluding hydrogens is 331 g/mol. The standard InChI is InChI=1S/C17H17FN2O3S/c1-12(14-6-7-16(15(18)10-14)24(2,22)23)20-17(21)8-5-13-4-3-9-19-11-13/h3-12H,1-2H3,(H,20,21)/b8-5+/t12-/m1/s1. The fraction of sp³-hybridized carbons (Fsp3) is 0.176. The second kappa shape index (κ2) is 7.35. The maximum Gasteiger partial charge on any atom is 0.244 e. The normalized spacial score (nSPS) is 13.0. The predicted octanol–water partition coefficient (Wildman–Crippen LogP) is 2.51. The highest BCUT2D eigenvalue weighted by molar-refractivity contribution is 7.90. The van der Waals surface area contributed by atoms with Gasteiger partial charge in [-0.3, -0.25) is 9.78 Å². The summed E-state index contributed by atoms with van der Waals surface area (Å²) in [7, 11) is -3.62. The van der Waals surface area contributed by atoms with Crippen LogP contribution in [0.5, 0.6) is 0 Å². The Balaban J connectivity index is 2.07.